The first-order valence-electron chi connectivity index (χ1n) is 9.53. The number of rotatable bonds is 6. The van der Waals surface area contributed by atoms with Crippen LogP contribution in [0, 0.1) is 11.3 Å². The van der Waals surface area contributed by atoms with Crippen molar-refractivity contribution in [3.8, 4) is 11.8 Å². The number of nitrogens with two attached hydrogens (primary N) is 1. The van der Waals surface area contributed by atoms with Crippen molar-refractivity contribution >= 4 is 11.6 Å². The molecule has 3 N–H and O–H groups in total. The summed E-state index contributed by atoms with van der Waals surface area (Å²) in [6.07, 6.45) is 0.631. The Morgan fingerprint density at radius 1 is 1.31 bits per heavy atom. The van der Waals surface area contributed by atoms with Gasteiger partial charge in [-0.15, -0.1) is 0 Å². The number of anilines is 1. The fourth-order valence-electron chi connectivity index (χ4n) is 3.65. The highest BCUT2D eigenvalue weighted by atomic mass is 16.5. The molecule has 0 radical (unpaired) electrons. The zero-order valence-electron chi connectivity index (χ0n) is 16.7. The van der Waals surface area contributed by atoms with Gasteiger partial charge in [0.25, 0.3) is 5.91 Å². The molecule has 2 atom stereocenters. The monoisotopic (exact) mass is 394 g/mol. The predicted octanol–water partition coefficient (Wildman–Crippen LogP) is 2.17. The Kier molecular flexibility index (Phi) is 6.70. The number of carbonyl (C=O) groups excluding carboxylic acids is 1. The third-order valence-electron chi connectivity index (χ3n) is 5.25. The Bertz CT molecular complexity index is 895. The van der Waals surface area contributed by atoms with Gasteiger partial charge in [0.05, 0.1) is 36.1 Å². The largest absolute Gasteiger partial charge is 0.496 e. The second kappa shape index (κ2) is 9.41. The van der Waals surface area contributed by atoms with Crippen molar-refractivity contribution in [3.05, 3.63) is 59.2 Å². The molecular weight excluding hydrogens is 368 g/mol. The lowest BCUT2D eigenvalue weighted by Gasteiger charge is -2.38. The minimum absolute atomic E-state index is 0.132. The molecule has 0 unspecified atom stereocenters. The van der Waals surface area contributed by atoms with Gasteiger partial charge < -0.3 is 20.5 Å². The molecule has 0 spiro atoms. The van der Waals surface area contributed by atoms with Gasteiger partial charge in [0.15, 0.2) is 0 Å². The second-order valence-corrected chi connectivity index (χ2v) is 7.12. The maximum Gasteiger partial charge on any atom is 0.255 e. The number of piperidine rings is 1. The molecule has 1 amide bonds. The molecule has 0 bridgehead atoms. The van der Waals surface area contributed by atoms with E-state index in [2.05, 4.69) is 22.3 Å². The molecule has 0 saturated carbocycles. The number of ether oxygens (including phenoxy) is 2. The summed E-state index contributed by atoms with van der Waals surface area (Å²) in [6.45, 7) is 2.42. The number of nitrogens with zero attached hydrogens (tertiary/aromatic N) is 2. The minimum atomic E-state index is -0.304. The molecule has 152 valence electrons. The normalized spacial score (nSPS) is 19.3. The molecule has 0 aromatic heterocycles. The van der Waals surface area contributed by atoms with Crippen molar-refractivity contribution in [2.75, 3.05) is 33.0 Å². The van der Waals surface area contributed by atoms with Crippen molar-refractivity contribution in [2.24, 2.45) is 0 Å². The van der Waals surface area contributed by atoms with Crippen LogP contribution < -0.4 is 15.8 Å². The number of amides is 1. The van der Waals surface area contributed by atoms with E-state index in [1.807, 2.05) is 24.3 Å². The van der Waals surface area contributed by atoms with Crippen LogP contribution in [0.4, 0.5) is 5.69 Å². The van der Waals surface area contributed by atoms with Gasteiger partial charge in [0.1, 0.15) is 11.8 Å². The molecule has 2 aromatic rings. The van der Waals surface area contributed by atoms with Gasteiger partial charge in [-0.25, -0.2) is 0 Å². The van der Waals surface area contributed by atoms with E-state index in [-0.39, 0.29) is 29.3 Å². The molecule has 1 fully saturated rings. The van der Waals surface area contributed by atoms with E-state index in [0.29, 0.717) is 11.3 Å². The first kappa shape index (κ1) is 20.6. The average Bonchev–Trinajstić information content (AvgIpc) is 2.75. The van der Waals surface area contributed by atoms with Crippen molar-refractivity contribution < 1.29 is 14.3 Å². The lowest BCUT2D eigenvalue weighted by molar-refractivity contribution is 0.00387. The quantitative estimate of drug-likeness (QED) is 0.729. The van der Waals surface area contributed by atoms with Crippen LogP contribution in [0.15, 0.2) is 42.5 Å². The zero-order chi connectivity index (χ0) is 20.8. The molecule has 1 aliphatic rings. The van der Waals surface area contributed by atoms with Gasteiger partial charge in [-0.3, -0.25) is 9.69 Å². The smallest absolute Gasteiger partial charge is 0.255 e. The van der Waals surface area contributed by atoms with Crippen LogP contribution in [0.1, 0.15) is 27.9 Å². The average molecular weight is 394 g/mol. The topological polar surface area (TPSA) is 101 Å². The summed E-state index contributed by atoms with van der Waals surface area (Å²) in [6, 6.07) is 15.1. The van der Waals surface area contributed by atoms with Crippen molar-refractivity contribution in [1.29, 1.82) is 5.26 Å². The second-order valence-electron chi connectivity index (χ2n) is 7.12. The summed E-state index contributed by atoms with van der Waals surface area (Å²) in [5.74, 6) is 0.0383. The van der Waals surface area contributed by atoms with Crippen LogP contribution in [0.3, 0.4) is 0 Å². The highest BCUT2D eigenvalue weighted by Crippen LogP contribution is 2.26. The first-order valence-corrected chi connectivity index (χ1v) is 9.53. The number of hydrogen-bond donors (Lipinski definition) is 2. The van der Waals surface area contributed by atoms with E-state index in [4.69, 9.17) is 15.2 Å². The van der Waals surface area contributed by atoms with Crippen LogP contribution in [0.5, 0.6) is 5.75 Å². The Labute approximate surface area is 171 Å². The van der Waals surface area contributed by atoms with Crippen LogP contribution in [0.25, 0.3) is 0 Å². The lowest BCUT2D eigenvalue weighted by atomic mass is 9.99. The number of carbonyl (C=O) groups is 1. The lowest BCUT2D eigenvalue weighted by Crippen LogP contribution is -2.54. The van der Waals surface area contributed by atoms with Gasteiger partial charge in [-0.05, 0) is 18.1 Å². The number of likely N-dealkylation sites (tertiary alicyclic amines) is 1. The predicted molar refractivity (Wildman–Crippen MR) is 111 cm³/mol. The van der Waals surface area contributed by atoms with Crippen molar-refractivity contribution in [2.45, 2.75) is 25.1 Å². The molecule has 7 nitrogen and oxygen atoms in total. The highest BCUT2D eigenvalue weighted by molar-refractivity contribution is 5.98. The minimum Gasteiger partial charge on any atom is -0.496 e. The molecule has 7 heteroatoms. The standard InChI is InChI=1S/C22H26N4O3/c1-28-20-11-18(24)16(12-23)10-17(20)22(27)25-19-8-9-26(14-21(19)29-2)13-15-6-4-3-5-7-15/h3-7,10-11,19,21H,8-9,13-14,24H2,1-2H3,(H,25,27)/t19-,21+/m0/s1. The van der Waals surface area contributed by atoms with Crippen LogP contribution in [-0.4, -0.2) is 50.3 Å². The van der Waals surface area contributed by atoms with E-state index in [1.165, 1.54) is 24.8 Å². The molecule has 29 heavy (non-hydrogen) atoms. The molecule has 0 aliphatic carbocycles. The highest BCUT2D eigenvalue weighted by Gasteiger charge is 2.31. The van der Waals surface area contributed by atoms with Gasteiger partial charge in [-0.2, -0.15) is 5.26 Å². The fourth-order valence-corrected chi connectivity index (χ4v) is 3.65. The number of benzene rings is 2. The number of hydrogen-bond acceptors (Lipinski definition) is 6. The van der Waals surface area contributed by atoms with E-state index in [1.54, 1.807) is 7.11 Å². The van der Waals surface area contributed by atoms with Gasteiger partial charge >= 0.3 is 0 Å². The number of nitrogens with one attached hydrogen (secondary N) is 1. The summed E-state index contributed by atoms with van der Waals surface area (Å²) in [5.41, 5.74) is 7.89. The number of nitriles is 1. The SMILES string of the molecule is COc1cc(N)c(C#N)cc1C(=O)N[C@H]1CCN(Cc2ccccc2)C[C@H]1OC. The summed E-state index contributed by atoms with van der Waals surface area (Å²) >= 11 is 0. The third-order valence-corrected chi connectivity index (χ3v) is 5.25. The summed E-state index contributed by atoms with van der Waals surface area (Å²) in [5, 5.41) is 12.3. The van der Waals surface area contributed by atoms with E-state index < -0.39 is 0 Å². The molecule has 3 rings (SSSR count). The van der Waals surface area contributed by atoms with Crippen LogP contribution >= 0.6 is 0 Å². The fraction of sp³-hybridized carbons (Fsp3) is 0.364. The van der Waals surface area contributed by atoms with Crippen molar-refractivity contribution in [3.63, 3.8) is 0 Å². The molecular formula is C22H26N4O3. The third kappa shape index (κ3) is 4.86. The van der Waals surface area contributed by atoms with Gasteiger partial charge in [0, 0.05) is 32.8 Å². The summed E-state index contributed by atoms with van der Waals surface area (Å²) < 4.78 is 11.0. The maximum atomic E-state index is 12.9. The molecule has 1 aliphatic heterocycles. The van der Waals surface area contributed by atoms with Gasteiger partial charge in [-0.1, -0.05) is 30.3 Å². The van der Waals surface area contributed by atoms with Gasteiger partial charge in [0.2, 0.25) is 0 Å². The Morgan fingerprint density at radius 3 is 2.72 bits per heavy atom. The molecule has 2 aromatic carbocycles. The van der Waals surface area contributed by atoms with Crippen molar-refractivity contribution in [1.82, 2.24) is 10.2 Å². The first-order chi connectivity index (χ1) is 14.0. The number of nitrogen functional groups attached to an aromatic ring is 1. The van der Waals surface area contributed by atoms with E-state index in [0.717, 1.165) is 26.1 Å². The Balaban J connectivity index is 1.69. The maximum absolute atomic E-state index is 12.9. The Morgan fingerprint density at radius 2 is 2.07 bits per heavy atom. The van der Waals surface area contributed by atoms with Crippen LogP contribution in [0.2, 0.25) is 0 Å². The van der Waals surface area contributed by atoms with Crippen LogP contribution in [-0.2, 0) is 11.3 Å². The van der Waals surface area contributed by atoms with E-state index in [9.17, 15) is 10.1 Å². The van der Waals surface area contributed by atoms with E-state index >= 15 is 0 Å². The molecule has 1 saturated heterocycles. The Hall–Kier alpha value is -3.08. The number of methoxy groups -OCH3 is 2. The summed E-state index contributed by atoms with van der Waals surface area (Å²) in [4.78, 5) is 15.2. The zero-order valence-corrected chi connectivity index (χ0v) is 16.7. The summed E-state index contributed by atoms with van der Waals surface area (Å²) in [7, 11) is 3.13. The molecule has 1 heterocycles.